The Morgan fingerprint density at radius 2 is 1.78 bits per heavy atom. The fourth-order valence-electron chi connectivity index (χ4n) is 4.25. The Morgan fingerprint density at radius 1 is 0.972 bits per heavy atom. The van der Waals surface area contributed by atoms with Crippen LogP contribution in [-0.4, -0.2) is 26.2 Å². The second kappa shape index (κ2) is 10.8. The van der Waals surface area contributed by atoms with E-state index in [-0.39, 0.29) is 5.91 Å². The first-order valence-corrected chi connectivity index (χ1v) is 13.1. The molecule has 0 bridgehead atoms. The third kappa shape index (κ3) is 5.50. The number of amides is 1. The van der Waals surface area contributed by atoms with E-state index in [1.807, 2.05) is 48.7 Å². The van der Waals surface area contributed by atoms with Crippen molar-refractivity contribution in [1.82, 2.24) is 14.5 Å². The summed E-state index contributed by atoms with van der Waals surface area (Å²) in [5.41, 5.74) is 7.13. The second-order valence-electron chi connectivity index (χ2n) is 8.75. The van der Waals surface area contributed by atoms with E-state index in [2.05, 4.69) is 65.1 Å². The van der Waals surface area contributed by atoms with E-state index in [9.17, 15) is 4.79 Å². The average molecular weight is 493 g/mol. The van der Waals surface area contributed by atoms with Crippen LogP contribution < -0.4 is 5.32 Å². The van der Waals surface area contributed by atoms with Gasteiger partial charge in [0.15, 0.2) is 0 Å². The summed E-state index contributed by atoms with van der Waals surface area (Å²) >= 11 is 1.80. The molecule has 180 valence electrons. The Balaban J connectivity index is 1.35. The zero-order valence-corrected chi connectivity index (χ0v) is 21.3. The van der Waals surface area contributed by atoms with Crippen molar-refractivity contribution < 1.29 is 4.79 Å². The van der Waals surface area contributed by atoms with Crippen molar-refractivity contribution in [2.45, 2.75) is 31.7 Å². The van der Waals surface area contributed by atoms with Gasteiger partial charge in [-0.1, -0.05) is 31.2 Å². The molecule has 0 aliphatic heterocycles. The predicted octanol–water partition coefficient (Wildman–Crippen LogP) is 6.75. The molecule has 36 heavy (non-hydrogen) atoms. The van der Waals surface area contributed by atoms with Gasteiger partial charge in [0.2, 0.25) is 5.91 Å². The first-order chi connectivity index (χ1) is 17.6. The van der Waals surface area contributed by atoms with Crippen LogP contribution in [0.2, 0.25) is 0 Å². The minimum atomic E-state index is -0.0297. The molecule has 3 aromatic carbocycles. The molecule has 2 heterocycles. The van der Waals surface area contributed by atoms with Crippen LogP contribution in [0, 0.1) is 6.92 Å². The fraction of sp³-hybridized carbons (Fsp3) is 0.167. The molecule has 0 radical (unpaired) electrons. The molecular formula is C30H28N4OS. The lowest BCUT2D eigenvalue weighted by molar-refractivity contribution is -0.115. The molecule has 5 nitrogen and oxygen atoms in total. The van der Waals surface area contributed by atoms with Gasteiger partial charge in [-0.05, 0) is 84.0 Å². The van der Waals surface area contributed by atoms with Gasteiger partial charge in [0.1, 0.15) is 5.82 Å². The molecule has 0 unspecified atom stereocenters. The number of nitrogens with zero attached hydrogens (tertiary/aromatic N) is 3. The minimum absolute atomic E-state index is 0.0297. The number of aromatic nitrogens is 3. The molecular weight excluding hydrogens is 464 g/mol. The Hall–Kier alpha value is -3.90. The lowest BCUT2D eigenvalue weighted by atomic mass is 10.1. The predicted molar refractivity (Wildman–Crippen MR) is 148 cm³/mol. The molecule has 5 rings (SSSR count). The molecule has 1 amide bonds. The van der Waals surface area contributed by atoms with E-state index in [4.69, 9.17) is 4.98 Å². The molecule has 0 spiro atoms. The highest BCUT2D eigenvalue weighted by Crippen LogP contribution is 2.28. The van der Waals surface area contributed by atoms with Gasteiger partial charge < -0.3 is 9.88 Å². The van der Waals surface area contributed by atoms with Gasteiger partial charge in [-0.15, -0.1) is 11.8 Å². The molecule has 5 aromatic rings. The van der Waals surface area contributed by atoms with Crippen molar-refractivity contribution in [2.75, 3.05) is 11.1 Å². The van der Waals surface area contributed by atoms with Crippen LogP contribution in [0.15, 0.2) is 96.2 Å². The Morgan fingerprint density at radius 3 is 2.50 bits per heavy atom. The topological polar surface area (TPSA) is 59.8 Å². The smallest absolute Gasteiger partial charge is 0.228 e. The van der Waals surface area contributed by atoms with Gasteiger partial charge in [0.25, 0.3) is 0 Å². The van der Waals surface area contributed by atoms with E-state index in [0.29, 0.717) is 13.0 Å². The molecule has 0 fully saturated rings. The highest BCUT2D eigenvalue weighted by Gasteiger charge is 2.14. The quantitative estimate of drug-likeness (QED) is 0.244. The lowest BCUT2D eigenvalue weighted by Crippen LogP contribution is -2.14. The highest BCUT2D eigenvalue weighted by atomic mass is 32.2. The maximum absolute atomic E-state index is 12.6. The van der Waals surface area contributed by atoms with Crippen LogP contribution >= 0.6 is 11.8 Å². The monoisotopic (exact) mass is 492 g/mol. The standard InChI is InChI=1S/C30H28N4OS/c1-3-36-26-13-7-22(8-14-26)18-29(35)32-25-11-9-24(10-12-25)30-33-27-15-6-21(2)17-28(27)34(30)20-23-5-4-16-31-19-23/h4-17,19H,3,18,20H2,1-2H3,(H,32,35). The zero-order chi connectivity index (χ0) is 24.9. The van der Waals surface area contributed by atoms with Gasteiger partial charge >= 0.3 is 0 Å². The molecule has 0 aliphatic carbocycles. The summed E-state index contributed by atoms with van der Waals surface area (Å²) in [6, 6.07) is 26.5. The van der Waals surface area contributed by atoms with Gasteiger partial charge in [-0.2, -0.15) is 0 Å². The van der Waals surface area contributed by atoms with E-state index in [1.54, 1.807) is 18.0 Å². The number of carbonyl (C=O) groups excluding carboxylic acids is 1. The summed E-state index contributed by atoms with van der Waals surface area (Å²) in [4.78, 5) is 23.1. The van der Waals surface area contributed by atoms with Crippen LogP contribution in [0.4, 0.5) is 5.69 Å². The molecule has 0 aliphatic rings. The number of hydrogen-bond donors (Lipinski definition) is 1. The van der Waals surface area contributed by atoms with Crippen LogP contribution in [-0.2, 0) is 17.8 Å². The highest BCUT2D eigenvalue weighted by molar-refractivity contribution is 7.99. The van der Waals surface area contributed by atoms with E-state index < -0.39 is 0 Å². The second-order valence-corrected chi connectivity index (χ2v) is 10.1. The number of benzene rings is 3. The number of imidazole rings is 1. The SMILES string of the molecule is CCSc1ccc(CC(=O)Nc2ccc(-c3nc4ccc(C)cc4n3Cc3cccnc3)cc2)cc1. The molecule has 6 heteroatoms. The van der Waals surface area contributed by atoms with Gasteiger partial charge in [0, 0.05) is 28.5 Å². The normalized spacial score (nSPS) is 11.1. The molecule has 0 saturated carbocycles. The van der Waals surface area contributed by atoms with Crippen LogP contribution in [0.5, 0.6) is 0 Å². The first kappa shape index (κ1) is 23.8. The maximum Gasteiger partial charge on any atom is 0.228 e. The Labute approximate surface area is 215 Å². The number of hydrogen-bond acceptors (Lipinski definition) is 4. The first-order valence-electron chi connectivity index (χ1n) is 12.1. The minimum Gasteiger partial charge on any atom is -0.326 e. The third-order valence-corrected chi connectivity index (χ3v) is 6.89. The summed E-state index contributed by atoms with van der Waals surface area (Å²) in [6.45, 7) is 4.91. The number of anilines is 1. The summed E-state index contributed by atoms with van der Waals surface area (Å²) < 4.78 is 2.23. The number of rotatable bonds is 8. The van der Waals surface area contributed by atoms with Crippen LogP contribution in [0.25, 0.3) is 22.4 Å². The van der Waals surface area contributed by atoms with Gasteiger partial charge in [-0.25, -0.2) is 4.98 Å². The summed E-state index contributed by atoms with van der Waals surface area (Å²) in [5, 5.41) is 3.02. The van der Waals surface area contributed by atoms with Crippen LogP contribution in [0.1, 0.15) is 23.6 Å². The largest absolute Gasteiger partial charge is 0.326 e. The van der Waals surface area contributed by atoms with Crippen LogP contribution in [0.3, 0.4) is 0 Å². The molecule has 0 saturated heterocycles. The number of fused-ring (bicyclic) bond motifs is 1. The third-order valence-electron chi connectivity index (χ3n) is 5.99. The number of nitrogens with one attached hydrogen (secondary N) is 1. The summed E-state index contributed by atoms with van der Waals surface area (Å²) in [5.74, 6) is 1.90. The fourth-order valence-corrected chi connectivity index (χ4v) is 4.91. The molecule has 2 aromatic heterocycles. The maximum atomic E-state index is 12.6. The average Bonchev–Trinajstić information content (AvgIpc) is 3.24. The zero-order valence-electron chi connectivity index (χ0n) is 20.4. The summed E-state index contributed by atoms with van der Waals surface area (Å²) in [7, 11) is 0. The van der Waals surface area contributed by atoms with Crippen molar-refractivity contribution in [3.05, 3.63) is 108 Å². The summed E-state index contributed by atoms with van der Waals surface area (Å²) in [6.07, 6.45) is 4.02. The van der Waals surface area contributed by atoms with Crippen molar-refractivity contribution in [3.8, 4) is 11.4 Å². The van der Waals surface area contributed by atoms with E-state index >= 15 is 0 Å². The lowest BCUT2D eigenvalue weighted by Gasteiger charge is -2.11. The number of thioether (sulfide) groups is 1. The van der Waals surface area contributed by atoms with Crippen molar-refractivity contribution >= 4 is 34.4 Å². The number of carbonyl (C=O) groups is 1. The van der Waals surface area contributed by atoms with E-state index in [0.717, 1.165) is 45.0 Å². The van der Waals surface area contributed by atoms with Crippen molar-refractivity contribution in [2.24, 2.45) is 0 Å². The Kier molecular flexibility index (Phi) is 7.14. The van der Waals surface area contributed by atoms with Crippen molar-refractivity contribution in [1.29, 1.82) is 0 Å². The Bertz CT molecular complexity index is 1480. The number of aryl methyl sites for hydroxylation is 1. The van der Waals surface area contributed by atoms with Gasteiger partial charge in [-0.3, -0.25) is 9.78 Å². The van der Waals surface area contributed by atoms with E-state index in [1.165, 1.54) is 10.5 Å². The van der Waals surface area contributed by atoms with Crippen molar-refractivity contribution in [3.63, 3.8) is 0 Å². The number of pyridine rings is 1. The molecule has 0 atom stereocenters. The molecule has 1 N–H and O–H groups in total. The van der Waals surface area contributed by atoms with Gasteiger partial charge in [0.05, 0.1) is 24.0 Å².